The van der Waals surface area contributed by atoms with E-state index in [4.69, 9.17) is 24.1 Å². The second-order valence-electron chi connectivity index (χ2n) is 6.13. The van der Waals surface area contributed by atoms with Crippen molar-refractivity contribution in [3.8, 4) is 23.0 Å². The Balaban J connectivity index is 1.89. The molecule has 1 N–H and O–H groups in total. The first-order chi connectivity index (χ1) is 13.5. The molecule has 0 spiro atoms. The molecule has 0 fully saturated rings. The van der Waals surface area contributed by atoms with Gasteiger partial charge in [0.2, 0.25) is 0 Å². The summed E-state index contributed by atoms with van der Waals surface area (Å²) in [6.07, 6.45) is 2.26. The van der Waals surface area contributed by atoms with Gasteiger partial charge >= 0.3 is 5.97 Å². The maximum absolute atomic E-state index is 12.8. The number of carboxylic acids is 1. The molecule has 0 unspecified atom stereocenters. The molecule has 0 amide bonds. The molecule has 28 heavy (non-hydrogen) atoms. The minimum atomic E-state index is -1.08. The molecule has 1 aliphatic rings. The topological polar surface area (TPSA) is 91.3 Å². The normalized spacial score (nSPS) is 14.0. The summed E-state index contributed by atoms with van der Waals surface area (Å²) in [5, 5.41) is 8.74. The molecule has 3 rings (SSSR count). The number of rotatable bonds is 7. The molecule has 0 aromatic heterocycles. The third-order valence-electron chi connectivity index (χ3n) is 4.41. The van der Waals surface area contributed by atoms with E-state index in [1.165, 1.54) is 14.2 Å². The molecule has 0 saturated heterocycles. The number of ether oxygens (including phenoxy) is 4. The zero-order valence-electron chi connectivity index (χ0n) is 15.8. The predicted octanol–water partition coefficient (Wildman–Crippen LogP) is 3.00. The van der Waals surface area contributed by atoms with Gasteiger partial charge in [0.15, 0.2) is 35.4 Å². The predicted molar refractivity (Wildman–Crippen MR) is 102 cm³/mol. The van der Waals surface area contributed by atoms with Crippen LogP contribution in [0.4, 0.5) is 0 Å². The summed E-state index contributed by atoms with van der Waals surface area (Å²) in [5.74, 6) is 0.661. The van der Waals surface area contributed by atoms with Crippen molar-refractivity contribution in [2.45, 2.75) is 6.42 Å². The second kappa shape index (κ2) is 8.04. The maximum Gasteiger partial charge on any atom is 0.341 e. The number of carboxylic acid groups (broad SMARTS) is 1. The van der Waals surface area contributed by atoms with Gasteiger partial charge in [0, 0.05) is 17.6 Å². The molecule has 146 valence electrons. The van der Waals surface area contributed by atoms with Crippen molar-refractivity contribution in [3.63, 3.8) is 0 Å². The van der Waals surface area contributed by atoms with E-state index in [1.54, 1.807) is 37.5 Å². The molecule has 2 aromatic rings. The van der Waals surface area contributed by atoms with E-state index in [-0.39, 0.29) is 5.78 Å². The van der Waals surface area contributed by atoms with E-state index >= 15 is 0 Å². The highest BCUT2D eigenvalue weighted by Crippen LogP contribution is 2.37. The number of fused-ring (bicyclic) bond motifs is 1. The Morgan fingerprint density at radius 3 is 2.29 bits per heavy atom. The number of Topliss-reactive ketones (excluding diaryl/α,β-unsaturated/α-hetero) is 1. The van der Waals surface area contributed by atoms with Gasteiger partial charge in [-0.25, -0.2) is 4.79 Å². The van der Waals surface area contributed by atoms with Crippen LogP contribution in [0.2, 0.25) is 0 Å². The van der Waals surface area contributed by atoms with E-state index < -0.39 is 12.6 Å². The summed E-state index contributed by atoms with van der Waals surface area (Å²) in [4.78, 5) is 23.5. The average Bonchev–Trinajstić information content (AvgIpc) is 3.00. The fourth-order valence-corrected chi connectivity index (χ4v) is 3.09. The highest BCUT2D eigenvalue weighted by atomic mass is 16.5. The van der Waals surface area contributed by atoms with Gasteiger partial charge in [0.25, 0.3) is 0 Å². The number of carbonyl (C=O) groups excluding carboxylic acids is 1. The number of aliphatic carboxylic acids is 1. The molecule has 2 aromatic carbocycles. The molecule has 7 nitrogen and oxygen atoms in total. The van der Waals surface area contributed by atoms with Gasteiger partial charge in [0.1, 0.15) is 0 Å². The standard InChI is InChI=1S/C21H20O7/c1-25-17-7-12(4-5-16(17)28-11-20(22)23)6-14-8-13-9-18(26-2)19(27-3)10-15(13)21(14)24/h4-7,9-10H,8,11H2,1-3H3,(H,22,23). The molecule has 7 heteroatoms. The molecule has 0 radical (unpaired) electrons. The van der Waals surface area contributed by atoms with Gasteiger partial charge in [-0.1, -0.05) is 6.07 Å². The third kappa shape index (κ3) is 3.78. The Morgan fingerprint density at radius 2 is 1.64 bits per heavy atom. The SMILES string of the molecule is COc1cc2c(cc1OC)C(=O)C(=Cc1ccc(OCC(=O)O)c(OC)c1)C2. The first-order valence-corrected chi connectivity index (χ1v) is 8.49. The first kappa shape index (κ1) is 19.3. The van der Waals surface area contributed by atoms with Crippen molar-refractivity contribution in [2.75, 3.05) is 27.9 Å². The van der Waals surface area contributed by atoms with Gasteiger partial charge in [-0.2, -0.15) is 0 Å². The number of allylic oxidation sites excluding steroid dienone is 1. The fraction of sp³-hybridized carbons (Fsp3) is 0.238. The number of ketones is 1. The maximum atomic E-state index is 12.8. The van der Waals surface area contributed by atoms with Crippen LogP contribution in [0.1, 0.15) is 21.5 Å². The minimum Gasteiger partial charge on any atom is -0.493 e. The number of carbonyl (C=O) groups is 2. The van der Waals surface area contributed by atoms with Crippen LogP contribution in [0.3, 0.4) is 0 Å². The van der Waals surface area contributed by atoms with Crippen molar-refractivity contribution in [1.82, 2.24) is 0 Å². The van der Waals surface area contributed by atoms with Crippen molar-refractivity contribution in [3.05, 3.63) is 52.6 Å². The summed E-state index contributed by atoms with van der Waals surface area (Å²) in [7, 11) is 4.55. The first-order valence-electron chi connectivity index (χ1n) is 8.49. The molecule has 0 saturated carbocycles. The lowest BCUT2D eigenvalue weighted by Gasteiger charge is -2.10. The summed E-state index contributed by atoms with van der Waals surface area (Å²) >= 11 is 0. The Labute approximate surface area is 162 Å². The fourth-order valence-electron chi connectivity index (χ4n) is 3.09. The van der Waals surface area contributed by atoms with E-state index in [0.29, 0.717) is 40.6 Å². The zero-order chi connectivity index (χ0) is 20.3. The monoisotopic (exact) mass is 384 g/mol. The van der Waals surface area contributed by atoms with E-state index in [0.717, 1.165) is 11.1 Å². The highest BCUT2D eigenvalue weighted by Gasteiger charge is 2.27. The van der Waals surface area contributed by atoms with Crippen LogP contribution >= 0.6 is 0 Å². The smallest absolute Gasteiger partial charge is 0.341 e. The van der Waals surface area contributed by atoms with Crippen LogP contribution in [0, 0.1) is 0 Å². The minimum absolute atomic E-state index is 0.0684. The van der Waals surface area contributed by atoms with Crippen LogP contribution in [0.25, 0.3) is 6.08 Å². The number of hydrogen-bond donors (Lipinski definition) is 1. The van der Waals surface area contributed by atoms with Gasteiger partial charge in [-0.3, -0.25) is 4.79 Å². The summed E-state index contributed by atoms with van der Waals surface area (Å²) in [6, 6.07) is 8.57. The van der Waals surface area contributed by atoms with Crippen LogP contribution in [0.5, 0.6) is 23.0 Å². The highest BCUT2D eigenvalue weighted by molar-refractivity contribution is 6.16. The van der Waals surface area contributed by atoms with E-state index in [1.807, 2.05) is 6.07 Å². The number of methoxy groups -OCH3 is 3. The largest absolute Gasteiger partial charge is 0.493 e. The van der Waals surface area contributed by atoms with Crippen LogP contribution < -0.4 is 18.9 Å². The van der Waals surface area contributed by atoms with Crippen molar-refractivity contribution >= 4 is 17.8 Å². The molecule has 0 atom stereocenters. The molecule has 0 aliphatic heterocycles. The zero-order valence-corrected chi connectivity index (χ0v) is 15.8. The number of benzene rings is 2. The lowest BCUT2D eigenvalue weighted by Crippen LogP contribution is -2.10. The Hall–Kier alpha value is -3.48. The van der Waals surface area contributed by atoms with Crippen molar-refractivity contribution < 1.29 is 33.6 Å². The summed E-state index contributed by atoms with van der Waals surface area (Å²) in [6.45, 7) is -0.464. The molecular weight excluding hydrogens is 364 g/mol. The Morgan fingerprint density at radius 1 is 1.00 bits per heavy atom. The molecule has 0 heterocycles. The van der Waals surface area contributed by atoms with Crippen LogP contribution in [-0.4, -0.2) is 44.8 Å². The summed E-state index contributed by atoms with van der Waals surface area (Å²) < 4.78 is 21.0. The average molecular weight is 384 g/mol. The van der Waals surface area contributed by atoms with Crippen molar-refractivity contribution in [2.24, 2.45) is 0 Å². The van der Waals surface area contributed by atoms with Gasteiger partial charge in [-0.15, -0.1) is 0 Å². The van der Waals surface area contributed by atoms with Gasteiger partial charge < -0.3 is 24.1 Å². The molecular formula is C21H20O7. The third-order valence-corrected chi connectivity index (χ3v) is 4.41. The second-order valence-corrected chi connectivity index (χ2v) is 6.13. The van der Waals surface area contributed by atoms with Crippen molar-refractivity contribution in [1.29, 1.82) is 0 Å². The Kier molecular flexibility index (Phi) is 5.54. The quantitative estimate of drug-likeness (QED) is 0.734. The lowest BCUT2D eigenvalue weighted by atomic mass is 10.1. The van der Waals surface area contributed by atoms with E-state index in [2.05, 4.69) is 0 Å². The van der Waals surface area contributed by atoms with Gasteiger partial charge in [0.05, 0.1) is 21.3 Å². The summed E-state index contributed by atoms with van der Waals surface area (Å²) in [5.41, 5.74) is 2.85. The lowest BCUT2D eigenvalue weighted by molar-refractivity contribution is -0.139. The Bertz CT molecular complexity index is 959. The van der Waals surface area contributed by atoms with Gasteiger partial charge in [-0.05, 0) is 41.5 Å². The van der Waals surface area contributed by atoms with Crippen LogP contribution in [0.15, 0.2) is 35.9 Å². The van der Waals surface area contributed by atoms with E-state index in [9.17, 15) is 9.59 Å². The molecule has 0 bridgehead atoms. The number of hydrogen-bond acceptors (Lipinski definition) is 6. The molecule has 1 aliphatic carbocycles. The van der Waals surface area contributed by atoms with Crippen LogP contribution in [-0.2, 0) is 11.2 Å².